The average Bonchev–Trinajstić information content (AvgIpc) is 2.59. The van der Waals surface area contributed by atoms with Gasteiger partial charge in [0.25, 0.3) is 5.91 Å². The lowest BCUT2D eigenvalue weighted by molar-refractivity contribution is 0.0953. The first-order valence-corrected chi connectivity index (χ1v) is 4.09. The first-order chi connectivity index (χ1) is 6.75. The van der Waals surface area contributed by atoms with Gasteiger partial charge in [-0.3, -0.25) is 4.79 Å². The van der Waals surface area contributed by atoms with Crippen LogP contribution in [0.5, 0.6) is 0 Å². The third-order valence-corrected chi connectivity index (χ3v) is 1.66. The Morgan fingerprint density at radius 2 is 2.57 bits per heavy atom. The molecule has 14 heavy (non-hydrogen) atoms. The molecule has 1 heterocycles. The molecule has 0 spiro atoms. The number of aryl methyl sites for hydroxylation is 1. The zero-order valence-corrected chi connectivity index (χ0v) is 7.73. The van der Waals surface area contributed by atoms with E-state index in [1.807, 2.05) is 0 Å². The van der Waals surface area contributed by atoms with Crippen molar-refractivity contribution >= 4 is 5.91 Å². The van der Waals surface area contributed by atoms with Crippen molar-refractivity contribution in [3.05, 3.63) is 34.1 Å². The highest BCUT2D eigenvalue weighted by atomic mass is 16.3. The molecular weight excluding hydrogens is 184 g/mol. The molecule has 0 bridgehead atoms. The van der Waals surface area contributed by atoms with Gasteiger partial charge >= 0.3 is 0 Å². The van der Waals surface area contributed by atoms with Crippen molar-refractivity contribution in [2.45, 2.75) is 6.92 Å². The highest BCUT2D eigenvalue weighted by molar-refractivity contribution is 5.94. The molecule has 1 amide bonds. The fraction of sp³-hybridized carbons (Fsp3) is 0.375. The Balaban J connectivity index is 2.43. The van der Waals surface area contributed by atoms with Crippen molar-refractivity contribution in [2.24, 2.45) is 5.11 Å². The Hall–Kier alpha value is -1.94. The largest absolute Gasteiger partial charge is 0.469 e. The molecule has 0 aliphatic carbocycles. The molecule has 0 unspecified atom stereocenters. The number of azide groups is 1. The summed E-state index contributed by atoms with van der Waals surface area (Å²) in [5.41, 5.74) is 8.50. The van der Waals surface area contributed by atoms with E-state index in [0.717, 1.165) is 0 Å². The van der Waals surface area contributed by atoms with Gasteiger partial charge in [-0.2, -0.15) is 0 Å². The lowest BCUT2D eigenvalue weighted by Crippen LogP contribution is -2.25. The fourth-order valence-corrected chi connectivity index (χ4v) is 0.980. The van der Waals surface area contributed by atoms with E-state index in [2.05, 4.69) is 15.3 Å². The van der Waals surface area contributed by atoms with E-state index < -0.39 is 0 Å². The summed E-state index contributed by atoms with van der Waals surface area (Å²) in [5.74, 6) is 0.357. The van der Waals surface area contributed by atoms with Crippen molar-refractivity contribution < 1.29 is 9.21 Å². The maximum absolute atomic E-state index is 11.4. The summed E-state index contributed by atoms with van der Waals surface area (Å²) in [6.45, 7) is 2.29. The number of nitrogens with zero attached hydrogens (tertiary/aromatic N) is 3. The highest BCUT2D eigenvalue weighted by Gasteiger charge is 2.09. The second kappa shape index (κ2) is 4.94. The van der Waals surface area contributed by atoms with Gasteiger partial charge in [0.1, 0.15) is 5.76 Å². The van der Waals surface area contributed by atoms with Crippen LogP contribution in [0.15, 0.2) is 21.9 Å². The summed E-state index contributed by atoms with van der Waals surface area (Å²) in [4.78, 5) is 14.0. The molecular formula is C8H10N4O2. The van der Waals surface area contributed by atoms with Gasteiger partial charge in [-0.25, -0.2) is 0 Å². The maximum atomic E-state index is 11.4. The van der Waals surface area contributed by atoms with Crippen LogP contribution in [-0.2, 0) is 0 Å². The normalized spacial score (nSPS) is 9.21. The summed E-state index contributed by atoms with van der Waals surface area (Å²) < 4.78 is 4.97. The Bertz CT molecular complexity index is 365. The second-order valence-corrected chi connectivity index (χ2v) is 2.60. The van der Waals surface area contributed by atoms with Crippen LogP contribution < -0.4 is 5.32 Å². The molecule has 1 aromatic heterocycles. The minimum absolute atomic E-state index is 0.218. The van der Waals surface area contributed by atoms with Crippen LogP contribution in [-0.4, -0.2) is 19.0 Å². The van der Waals surface area contributed by atoms with E-state index in [1.54, 1.807) is 13.0 Å². The van der Waals surface area contributed by atoms with E-state index in [4.69, 9.17) is 9.95 Å². The number of amides is 1. The van der Waals surface area contributed by atoms with Crippen molar-refractivity contribution in [3.63, 3.8) is 0 Å². The number of hydrogen-bond donors (Lipinski definition) is 1. The molecule has 6 nitrogen and oxygen atoms in total. The van der Waals surface area contributed by atoms with Crippen molar-refractivity contribution in [2.75, 3.05) is 13.1 Å². The third kappa shape index (κ3) is 2.53. The van der Waals surface area contributed by atoms with Crippen molar-refractivity contribution in [3.8, 4) is 0 Å². The summed E-state index contributed by atoms with van der Waals surface area (Å²) in [7, 11) is 0. The number of furan rings is 1. The van der Waals surface area contributed by atoms with Gasteiger partial charge in [0.05, 0.1) is 11.8 Å². The van der Waals surface area contributed by atoms with Gasteiger partial charge in [0, 0.05) is 18.0 Å². The van der Waals surface area contributed by atoms with E-state index in [0.29, 0.717) is 17.9 Å². The SMILES string of the molecule is Cc1occc1C(=O)NCCN=[N+]=[N-]. The van der Waals surface area contributed by atoms with Gasteiger partial charge in [0.2, 0.25) is 0 Å². The molecule has 0 aliphatic heterocycles. The van der Waals surface area contributed by atoms with Crippen LogP contribution in [0.4, 0.5) is 0 Å². The lowest BCUT2D eigenvalue weighted by atomic mass is 10.2. The molecule has 74 valence electrons. The molecule has 1 rings (SSSR count). The average molecular weight is 194 g/mol. The maximum Gasteiger partial charge on any atom is 0.254 e. The summed E-state index contributed by atoms with van der Waals surface area (Å²) in [6, 6.07) is 1.60. The second-order valence-electron chi connectivity index (χ2n) is 2.60. The van der Waals surface area contributed by atoms with Crippen molar-refractivity contribution in [1.82, 2.24) is 5.32 Å². The van der Waals surface area contributed by atoms with Crippen LogP contribution in [0.3, 0.4) is 0 Å². The van der Waals surface area contributed by atoms with E-state index in [-0.39, 0.29) is 12.5 Å². The number of rotatable bonds is 4. The number of carbonyl (C=O) groups is 1. The summed E-state index contributed by atoms with van der Waals surface area (Å²) in [6.07, 6.45) is 1.46. The van der Waals surface area contributed by atoms with E-state index in [9.17, 15) is 4.79 Å². The van der Waals surface area contributed by atoms with Gasteiger partial charge in [0.15, 0.2) is 0 Å². The highest BCUT2D eigenvalue weighted by Crippen LogP contribution is 2.07. The van der Waals surface area contributed by atoms with E-state index >= 15 is 0 Å². The minimum Gasteiger partial charge on any atom is -0.469 e. The first-order valence-electron chi connectivity index (χ1n) is 4.09. The molecule has 0 saturated heterocycles. The zero-order valence-electron chi connectivity index (χ0n) is 7.73. The molecule has 1 aromatic rings. The third-order valence-electron chi connectivity index (χ3n) is 1.66. The van der Waals surface area contributed by atoms with E-state index in [1.165, 1.54) is 6.26 Å². The zero-order chi connectivity index (χ0) is 10.4. The number of nitrogens with one attached hydrogen (secondary N) is 1. The molecule has 0 aromatic carbocycles. The monoisotopic (exact) mass is 194 g/mol. The molecule has 0 saturated carbocycles. The van der Waals surface area contributed by atoms with Gasteiger partial charge in [-0.05, 0) is 18.5 Å². The Kier molecular flexibility index (Phi) is 3.58. The summed E-state index contributed by atoms with van der Waals surface area (Å²) in [5, 5.41) is 5.89. The summed E-state index contributed by atoms with van der Waals surface area (Å²) >= 11 is 0. The standard InChI is InChI=1S/C8H10N4O2/c1-6-7(2-5-14-6)8(13)10-3-4-11-12-9/h2,5H,3-4H2,1H3,(H,10,13). The van der Waals surface area contributed by atoms with Gasteiger partial charge in [-0.1, -0.05) is 5.11 Å². The lowest BCUT2D eigenvalue weighted by Gasteiger charge is -2.00. The molecule has 6 heteroatoms. The quantitative estimate of drug-likeness (QED) is 0.341. The van der Waals surface area contributed by atoms with Gasteiger partial charge < -0.3 is 9.73 Å². The molecule has 0 fully saturated rings. The van der Waals surface area contributed by atoms with Crippen molar-refractivity contribution in [1.29, 1.82) is 0 Å². The Morgan fingerprint density at radius 1 is 1.79 bits per heavy atom. The molecule has 0 aliphatic rings. The number of carbonyl (C=O) groups excluding carboxylic acids is 1. The topological polar surface area (TPSA) is 91.0 Å². The Morgan fingerprint density at radius 3 is 3.14 bits per heavy atom. The minimum atomic E-state index is -0.218. The van der Waals surface area contributed by atoms with Crippen LogP contribution in [0, 0.1) is 6.92 Å². The Labute approximate surface area is 80.5 Å². The predicted octanol–water partition coefficient (Wildman–Crippen LogP) is 1.63. The van der Waals surface area contributed by atoms with Crippen LogP contribution in [0.1, 0.15) is 16.1 Å². The van der Waals surface area contributed by atoms with Gasteiger partial charge in [-0.15, -0.1) is 0 Å². The van der Waals surface area contributed by atoms with Crippen LogP contribution >= 0.6 is 0 Å². The first kappa shape index (κ1) is 10.1. The molecule has 0 atom stereocenters. The predicted molar refractivity (Wildman–Crippen MR) is 49.8 cm³/mol. The molecule has 0 radical (unpaired) electrons. The van der Waals surface area contributed by atoms with Crippen LogP contribution in [0.2, 0.25) is 0 Å². The smallest absolute Gasteiger partial charge is 0.254 e. The van der Waals surface area contributed by atoms with Crippen LogP contribution in [0.25, 0.3) is 10.4 Å². The number of hydrogen-bond acceptors (Lipinski definition) is 3. The molecule has 1 N–H and O–H groups in total. The fourth-order valence-electron chi connectivity index (χ4n) is 0.980.